The molecule has 1 aliphatic carbocycles. The molecule has 0 heterocycles. The normalized spacial score (nSPS) is 15.6. The number of hydrogen-bond acceptors (Lipinski definition) is 3. The first-order valence-corrected chi connectivity index (χ1v) is 7.13. The zero-order valence-electron chi connectivity index (χ0n) is 12.6. The fourth-order valence-electron chi connectivity index (χ4n) is 2.06. The van der Waals surface area contributed by atoms with Crippen molar-refractivity contribution in [2.45, 2.75) is 19.9 Å². The van der Waals surface area contributed by atoms with E-state index in [0.29, 0.717) is 0 Å². The van der Waals surface area contributed by atoms with Crippen LogP contribution < -0.4 is 10.7 Å². The molecule has 1 aromatic carbocycles. The van der Waals surface area contributed by atoms with E-state index in [2.05, 4.69) is 15.8 Å². The van der Waals surface area contributed by atoms with E-state index in [1.807, 2.05) is 61.6 Å². The number of nitrogens with one attached hydrogen (secondary N) is 2. The van der Waals surface area contributed by atoms with Crippen LogP contribution in [0.4, 0.5) is 0 Å². The number of rotatable bonds is 4. The second-order valence-electron chi connectivity index (χ2n) is 5.10. The second-order valence-corrected chi connectivity index (χ2v) is 5.10. The number of nitrogens with zero attached hydrogens (tertiary/aromatic N) is 1. The highest BCUT2D eigenvalue weighted by Gasteiger charge is 2.17. The standard InChI is InChI=1S/C17H19N3O2/c1-12(14-8-4-3-5-9-14)18-16(21)17(22)20-19-13(2)15-10-6-7-11-15/h3-12,15H,1-2H3,(H,18,21)(H,20,22)/b19-13+/t12-/m1/s1. The van der Waals surface area contributed by atoms with E-state index >= 15 is 0 Å². The maximum Gasteiger partial charge on any atom is 0.329 e. The van der Waals surface area contributed by atoms with E-state index in [-0.39, 0.29) is 12.0 Å². The van der Waals surface area contributed by atoms with Gasteiger partial charge < -0.3 is 5.32 Å². The zero-order valence-corrected chi connectivity index (χ0v) is 12.6. The first-order valence-electron chi connectivity index (χ1n) is 7.13. The second kappa shape index (κ2) is 7.36. The molecule has 22 heavy (non-hydrogen) atoms. The molecule has 2 N–H and O–H groups in total. The van der Waals surface area contributed by atoms with E-state index < -0.39 is 11.8 Å². The van der Waals surface area contributed by atoms with Gasteiger partial charge in [0.2, 0.25) is 0 Å². The van der Waals surface area contributed by atoms with Crippen LogP contribution in [0.15, 0.2) is 59.7 Å². The van der Waals surface area contributed by atoms with Crippen LogP contribution >= 0.6 is 0 Å². The van der Waals surface area contributed by atoms with E-state index in [1.165, 1.54) is 0 Å². The van der Waals surface area contributed by atoms with Crippen LogP contribution in [0.2, 0.25) is 0 Å². The third kappa shape index (κ3) is 4.15. The van der Waals surface area contributed by atoms with Gasteiger partial charge in [0.25, 0.3) is 0 Å². The minimum Gasteiger partial charge on any atom is -0.341 e. The topological polar surface area (TPSA) is 70.6 Å². The summed E-state index contributed by atoms with van der Waals surface area (Å²) >= 11 is 0. The number of benzene rings is 1. The minimum atomic E-state index is -0.770. The molecule has 1 aliphatic rings. The lowest BCUT2D eigenvalue weighted by Crippen LogP contribution is -2.39. The number of amides is 2. The monoisotopic (exact) mass is 297 g/mol. The molecule has 0 saturated heterocycles. The summed E-state index contributed by atoms with van der Waals surface area (Å²) in [5.41, 5.74) is 3.94. The van der Waals surface area contributed by atoms with Crippen molar-refractivity contribution < 1.29 is 9.59 Å². The Bertz CT molecular complexity index is 621. The predicted octanol–water partition coefficient (Wildman–Crippen LogP) is 2.10. The maximum absolute atomic E-state index is 11.8. The summed E-state index contributed by atoms with van der Waals surface area (Å²) < 4.78 is 0. The molecule has 0 fully saturated rings. The summed E-state index contributed by atoms with van der Waals surface area (Å²) in [6, 6.07) is 9.20. The molecule has 0 spiro atoms. The Morgan fingerprint density at radius 2 is 1.73 bits per heavy atom. The van der Waals surface area contributed by atoms with E-state index in [0.717, 1.165) is 11.3 Å². The van der Waals surface area contributed by atoms with Crippen molar-refractivity contribution in [1.82, 2.24) is 10.7 Å². The summed E-state index contributed by atoms with van der Waals surface area (Å²) in [5, 5.41) is 6.60. The summed E-state index contributed by atoms with van der Waals surface area (Å²) in [5.74, 6) is -1.40. The van der Waals surface area contributed by atoms with Gasteiger partial charge in [-0.25, -0.2) is 5.43 Å². The molecular formula is C17H19N3O2. The lowest BCUT2D eigenvalue weighted by Gasteiger charge is -2.13. The van der Waals surface area contributed by atoms with Gasteiger partial charge >= 0.3 is 11.8 Å². The minimum absolute atomic E-state index is 0.0756. The van der Waals surface area contributed by atoms with Gasteiger partial charge in [-0.3, -0.25) is 9.59 Å². The van der Waals surface area contributed by atoms with E-state index in [4.69, 9.17) is 0 Å². The molecule has 1 aromatic rings. The Morgan fingerprint density at radius 1 is 1.09 bits per heavy atom. The number of hydrogen-bond donors (Lipinski definition) is 2. The highest BCUT2D eigenvalue weighted by molar-refractivity contribution is 6.35. The van der Waals surface area contributed by atoms with Crippen molar-refractivity contribution >= 4 is 17.5 Å². The molecule has 2 amide bonds. The largest absolute Gasteiger partial charge is 0.341 e. The number of carbonyl (C=O) groups is 2. The Morgan fingerprint density at radius 3 is 2.36 bits per heavy atom. The molecule has 5 heteroatoms. The summed E-state index contributed by atoms with van der Waals surface area (Å²) in [6.07, 6.45) is 7.75. The van der Waals surface area contributed by atoms with Crippen LogP contribution in [0.25, 0.3) is 0 Å². The van der Waals surface area contributed by atoms with Gasteiger partial charge in [-0.15, -0.1) is 0 Å². The van der Waals surface area contributed by atoms with Crippen molar-refractivity contribution in [2.24, 2.45) is 11.0 Å². The molecular weight excluding hydrogens is 278 g/mol. The quantitative estimate of drug-likeness (QED) is 0.507. The molecule has 0 unspecified atom stereocenters. The fourth-order valence-corrected chi connectivity index (χ4v) is 2.06. The molecule has 1 atom stereocenters. The fraction of sp³-hybridized carbons (Fsp3) is 0.235. The van der Waals surface area contributed by atoms with Gasteiger partial charge in [0, 0.05) is 11.6 Å². The molecule has 5 nitrogen and oxygen atoms in total. The first-order chi connectivity index (χ1) is 10.6. The molecule has 0 bridgehead atoms. The van der Waals surface area contributed by atoms with Crippen LogP contribution in [0.5, 0.6) is 0 Å². The first kappa shape index (κ1) is 15.7. The average Bonchev–Trinajstić information content (AvgIpc) is 3.07. The lowest BCUT2D eigenvalue weighted by atomic mass is 10.1. The molecule has 0 aromatic heterocycles. The molecule has 0 saturated carbocycles. The number of carbonyl (C=O) groups excluding carboxylic acids is 2. The van der Waals surface area contributed by atoms with Gasteiger partial charge in [0.05, 0.1) is 6.04 Å². The number of allylic oxidation sites excluding steroid dienone is 4. The van der Waals surface area contributed by atoms with E-state index in [1.54, 1.807) is 6.92 Å². The molecule has 0 radical (unpaired) electrons. The maximum atomic E-state index is 11.8. The van der Waals surface area contributed by atoms with E-state index in [9.17, 15) is 9.59 Å². The molecule has 114 valence electrons. The van der Waals surface area contributed by atoms with Gasteiger partial charge in [0.1, 0.15) is 0 Å². The number of hydrazone groups is 1. The summed E-state index contributed by atoms with van der Waals surface area (Å²) in [7, 11) is 0. The van der Waals surface area contributed by atoms with Crippen molar-refractivity contribution in [3.8, 4) is 0 Å². The SMILES string of the molecule is C/C(=N\NC(=O)C(=O)N[C@H](C)c1ccccc1)C1C=CC=C1. The van der Waals surface area contributed by atoms with Crippen LogP contribution in [-0.2, 0) is 9.59 Å². The van der Waals surface area contributed by atoms with Crippen molar-refractivity contribution in [1.29, 1.82) is 0 Å². The van der Waals surface area contributed by atoms with Crippen molar-refractivity contribution in [2.75, 3.05) is 0 Å². The average molecular weight is 297 g/mol. The Hall–Kier alpha value is -2.69. The third-order valence-corrected chi connectivity index (χ3v) is 3.42. The van der Waals surface area contributed by atoms with Crippen molar-refractivity contribution in [3.63, 3.8) is 0 Å². The lowest BCUT2D eigenvalue weighted by molar-refractivity contribution is -0.139. The van der Waals surface area contributed by atoms with Gasteiger partial charge in [-0.2, -0.15) is 5.10 Å². The summed E-state index contributed by atoms with van der Waals surface area (Å²) in [6.45, 7) is 3.62. The zero-order chi connectivity index (χ0) is 15.9. The van der Waals surface area contributed by atoms with Gasteiger partial charge in [0.15, 0.2) is 0 Å². The highest BCUT2D eigenvalue weighted by Crippen LogP contribution is 2.11. The van der Waals surface area contributed by atoms with Crippen LogP contribution in [0, 0.1) is 5.92 Å². The Kier molecular flexibility index (Phi) is 5.25. The summed E-state index contributed by atoms with van der Waals surface area (Å²) in [4.78, 5) is 23.6. The van der Waals surface area contributed by atoms with Crippen LogP contribution in [0.1, 0.15) is 25.5 Å². The van der Waals surface area contributed by atoms with Crippen LogP contribution in [-0.4, -0.2) is 17.5 Å². The Balaban J connectivity index is 1.87. The highest BCUT2D eigenvalue weighted by atomic mass is 16.2. The van der Waals surface area contributed by atoms with Gasteiger partial charge in [-0.05, 0) is 19.4 Å². The third-order valence-electron chi connectivity index (χ3n) is 3.42. The van der Waals surface area contributed by atoms with Crippen molar-refractivity contribution in [3.05, 3.63) is 60.2 Å². The van der Waals surface area contributed by atoms with Crippen LogP contribution in [0.3, 0.4) is 0 Å². The smallest absolute Gasteiger partial charge is 0.329 e. The predicted molar refractivity (Wildman–Crippen MR) is 86.0 cm³/mol. The molecule has 2 rings (SSSR count). The van der Waals surface area contributed by atoms with Gasteiger partial charge in [-0.1, -0.05) is 54.6 Å². The molecule has 0 aliphatic heterocycles. The Labute approximate surface area is 129 Å².